The number of halogens is 10. The Morgan fingerprint density at radius 2 is 0.730 bits per heavy atom. The summed E-state index contributed by atoms with van der Waals surface area (Å²) < 4.78 is 147. The Labute approximate surface area is 210 Å². The Morgan fingerprint density at radius 3 is 0.973 bits per heavy atom. The van der Waals surface area contributed by atoms with Gasteiger partial charge in [0.25, 0.3) is 0 Å². The van der Waals surface area contributed by atoms with Gasteiger partial charge >= 0.3 is 6.92 Å². The maximum atomic E-state index is 14.8. The summed E-state index contributed by atoms with van der Waals surface area (Å²) in [6, 6.07) is 0. The molecule has 0 heterocycles. The predicted molar refractivity (Wildman–Crippen MR) is 125 cm³/mol. The zero-order valence-corrected chi connectivity index (χ0v) is 22.4. The van der Waals surface area contributed by atoms with Crippen molar-refractivity contribution in [2.24, 2.45) is 0 Å². The molecule has 0 spiro atoms. The van der Waals surface area contributed by atoms with E-state index >= 15 is 0 Å². The molecule has 0 aliphatic heterocycles. The fraction of sp³-hybridized carbons (Fsp3) is 0.500. The zero-order valence-electron chi connectivity index (χ0n) is 21.5. The van der Waals surface area contributed by atoms with Crippen molar-refractivity contribution in [3.05, 3.63) is 58.2 Å². The molecule has 0 amide bonds. The second-order valence-corrected chi connectivity index (χ2v) is 15.1. The lowest BCUT2D eigenvalue weighted by atomic mass is 9.53. The Balaban J connectivity index is 2.89. The molecule has 1 N–H and O–H groups in total. The fourth-order valence-corrected chi connectivity index (χ4v) is 8.07. The van der Waals surface area contributed by atoms with E-state index in [0.717, 1.165) is 0 Å². The van der Waals surface area contributed by atoms with Gasteiger partial charge in [0.2, 0.25) is 0 Å². The van der Waals surface area contributed by atoms with Gasteiger partial charge in [0.05, 0.1) is 10.9 Å². The highest BCUT2D eigenvalue weighted by molar-refractivity contribution is 7.60. The van der Waals surface area contributed by atoms with Crippen molar-refractivity contribution in [3.63, 3.8) is 0 Å². The summed E-state index contributed by atoms with van der Waals surface area (Å²) in [4.78, 5) is 0. The van der Waals surface area contributed by atoms with Gasteiger partial charge in [-0.05, 0) is 10.3 Å². The maximum absolute atomic E-state index is 14.8. The summed E-state index contributed by atoms with van der Waals surface area (Å²) in [5.41, 5.74) is -5.15. The van der Waals surface area contributed by atoms with Crippen molar-refractivity contribution in [1.29, 1.82) is 0 Å². The van der Waals surface area contributed by atoms with Crippen LogP contribution in [0.5, 0.6) is 0 Å². The third-order valence-electron chi connectivity index (χ3n) is 5.68. The first-order chi connectivity index (χ1) is 16.5. The third-order valence-corrected chi connectivity index (χ3v) is 10.0. The van der Waals surface area contributed by atoms with E-state index in [1.54, 1.807) is 0 Å². The van der Waals surface area contributed by atoms with Gasteiger partial charge in [0.1, 0.15) is 5.60 Å². The topological polar surface area (TPSA) is 12.8 Å². The Hall–Kier alpha value is -1.81. The van der Waals surface area contributed by atoms with E-state index in [-0.39, 0.29) is 16.5 Å². The number of hydrogen-bond acceptors (Lipinski definition) is 0. The highest BCUT2D eigenvalue weighted by Crippen LogP contribution is 2.60. The van der Waals surface area contributed by atoms with Crippen LogP contribution >= 0.6 is 7.92 Å². The van der Waals surface area contributed by atoms with Crippen LogP contribution in [0.2, 0.25) is 0 Å². The first-order valence-electron chi connectivity index (χ1n) is 11.1. The molecule has 206 valence electrons. The van der Waals surface area contributed by atoms with Crippen LogP contribution in [0, 0.1) is 58.2 Å². The van der Waals surface area contributed by atoms with E-state index < -0.39 is 89.5 Å². The Kier molecular flexibility index (Phi) is 8.83. The van der Waals surface area contributed by atoms with Crippen LogP contribution in [0.15, 0.2) is 0 Å². The second kappa shape index (κ2) is 10.4. The van der Waals surface area contributed by atoms with Gasteiger partial charge in [-0.2, -0.15) is 0 Å². The van der Waals surface area contributed by atoms with Crippen LogP contribution in [0.3, 0.4) is 0 Å². The fourth-order valence-electron chi connectivity index (χ4n) is 4.26. The van der Waals surface area contributed by atoms with Gasteiger partial charge in [-0.25, -0.2) is 43.9 Å². The van der Waals surface area contributed by atoms with Gasteiger partial charge in [-0.3, -0.25) is 0 Å². The van der Waals surface area contributed by atoms with Crippen LogP contribution in [-0.4, -0.2) is 33.6 Å². The first kappa shape index (κ1) is 31.4. The average Bonchev–Trinajstić information content (AvgIpc) is 2.75. The highest BCUT2D eigenvalue weighted by atomic mass is 31.1. The van der Waals surface area contributed by atoms with Gasteiger partial charge in [-0.1, -0.05) is 49.5 Å². The summed E-state index contributed by atoms with van der Waals surface area (Å²) in [6.07, 6.45) is 0.122. The molecule has 0 unspecified atom stereocenters. The standard InChI is InChI=1S/C24H26BF10OP/c1-22(2,3)37(23(4,5)6)9-24(7,8)36-25(10-12(26)16(30)20(34)17(31)13(10)27)11-14(28)18(32)21(35)19(33)15(11)29/h9H2,1-8H3/p+1. The summed E-state index contributed by atoms with van der Waals surface area (Å²) >= 11 is 0. The maximum Gasteiger partial charge on any atom is 0.601 e. The molecule has 0 radical (unpaired) electrons. The molecular weight excluding hydrogens is 536 g/mol. The molecule has 0 saturated carbocycles. The lowest BCUT2D eigenvalue weighted by Crippen LogP contribution is -2.59. The number of aliphatic hydroxyl groups is 1. The minimum atomic E-state index is -2.76. The molecular formula is C24H27BF10OP+. The molecule has 13 heteroatoms. The monoisotopic (exact) mass is 563 g/mol. The van der Waals surface area contributed by atoms with Gasteiger partial charge in [-0.15, -0.1) is 0 Å². The molecule has 2 aromatic carbocycles. The predicted octanol–water partition coefficient (Wildman–Crippen LogP) is 6.57. The van der Waals surface area contributed by atoms with Crippen molar-refractivity contribution < 1.29 is 48.6 Å². The number of rotatable bonds is 6. The van der Waals surface area contributed by atoms with E-state index in [4.69, 9.17) is 0 Å². The van der Waals surface area contributed by atoms with E-state index in [1.807, 2.05) is 41.5 Å². The molecule has 1 nitrogen and oxygen atoms in total. The lowest BCUT2D eigenvalue weighted by molar-refractivity contribution is -0.00950. The number of benzene rings is 2. The minimum absolute atomic E-state index is 0.122. The van der Waals surface area contributed by atoms with Crippen molar-refractivity contribution in [3.8, 4) is 0 Å². The normalized spacial score (nSPS) is 13.1. The van der Waals surface area contributed by atoms with Crippen LogP contribution in [0.1, 0.15) is 55.4 Å². The zero-order chi connectivity index (χ0) is 29.0. The van der Waals surface area contributed by atoms with Gasteiger partial charge in [0.15, 0.2) is 58.2 Å². The Bertz CT molecular complexity index is 1060. The van der Waals surface area contributed by atoms with Crippen LogP contribution in [0.25, 0.3) is 0 Å². The van der Waals surface area contributed by atoms with Crippen molar-refractivity contribution >= 4 is 25.8 Å². The first-order valence-corrected chi connectivity index (χ1v) is 12.6. The van der Waals surface area contributed by atoms with Crippen molar-refractivity contribution in [2.75, 3.05) is 6.16 Å². The quantitative estimate of drug-likeness (QED) is 0.0943. The largest absolute Gasteiger partial charge is 0.601 e. The molecule has 0 bridgehead atoms. The molecule has 0 fully saturated rings. The SMILES string of the molecule is CC(C)(CP(C(C)(C)C)C(C)(C)C)[OH+]B(c1c(F)c(F)c(F)c(F)c1F)c1c(F)c(F)c(F)c(F)c1F. The lowest BCUT2D eigenvalue weighted by Gasteiger charge is -2.44. The van der Waals surface area contributed by atoms with E-state index in [9.17, 15) is 43.9 Å². The molecule has 0 aliphatic rings. The highest BCUT2D eigenvalue weighted by Gasteiger charge is 2.52. The minimum Gasteiger partial charge on any atom is -0.528 e. The van der Waals surface area contributed by atoms with Crippen LogP contribution < -0.4 is 10.9 Å². The van der Waals surface area contributed by atoms with Gasteiger partial charge in [0, 0.05) is 20.0 Å². The molecule has 0 aromatic heterocycles. The average molecular weight is 563 g/mol. The second-order valence-electron chi connectivity index (χ2n) is 11.2. The molecule has 37 heavy (non-hydrogen) atoms. The molecule has 2 aromatic rings. The summed E-state index contributed by atoms with van der Waals surface area (Å²) in [5.74, 6) is -24.9. The molecule has 0 atom stereocenters. The van der Waals surface area contributed by atoms with Crippen LogP contribution in [0.4, 0.5) is 43.9 Å². The molecule has 0 saturated heterocycles. The smallest absolute Gasteiger partial charge is 0.528 e. The Morgan fingerprint density at radius 1 is 0.486 bits per heavy atom. The molecule has 0 aliphatic carbocycles. The van der Waals surface area contributed by atoms with Crippen molar-refractivity contribution in [2.45, 2.75) is 71.3 Å². The summed E-state index contributed by atoms with van der Waals surface area (Å²) in [7, 11) is -1.05. The van der Waals surface area contributed by atoms with E-state index in [2.05, 4.69) is 4.65 Å². The summed E-state index contributed by atoms with van der Waals surface area (Å²) in [5, 5.41) is -0.712. The summed E-state index contributed by atoms with van der Waals surface area (Å²) in [6.45, 7) is 11.4. The van der Waals surface area contributed by atoms with E-state index in [1.165, 1.54) is 13.8 Å². The van der Waals surface area contributed by atoms with Gasteiger partial charge < -0.3 is 4.65 Å². The third kappa shape index (κ3) is 6.10. The van der Waals surface area contributed by atoms with E-state index in [0.29, 0.717) is 0 Å². The molecule has 2 rings (SSSR count). The number of hydrogen-bond donors (Lipinski definition) is 0. The van der Waals surface area contributed by atoms with Crippen LogP contribution in [-0.2, 0) is 0 Å². The van der Waals surface area contributed by atoms with Crippen molar-refractivity contribution in [1.82, 2.24) is 0 Å².